The highest BCUT2D eigenvalue weighted by Gasteiger charge is 2.17. The van der Waals surface area contributed by atoms with E-state index < -0.39 is 12.1 Å². The quantitative estimate of drug-likeness (QED) is 0.232. The molecule has 10 heteroatoms. The van der Waals surface area contributed by atoms with Gasteiger partial charge in [0.25, 0.3) is 0 Å². The van der Waals surface area contributed by atoms with Crippen molar-refractivity contribution in [3.8, 4) is 0 Å². The number of carbonyl (C=O) groups is 4. The second kappa shape index (κ2) is 17.4. The lowest BCUT2D eigenvalue weighted by atomic mass is 10.2. The molecule has 0 radical (unpaired) electrons. The van der Waals surface area contributed by atoms with Crippen LogP contribution in [0.2, 0.25) is 0 Å². The van der Waals surface area contributed by atoms with Gasteiger partial charge in [-0.05, 0) is 26.7 Å². The van der Waals surface area contributed by atoms with Gasteiger partial charge in [0.1, 0.15) is 12.1 Å². The summed E-state index contributed by atoms with van der Waals surface area (Å²) in [6.45, 7) is 13.2. The van der Waals surface area contributed by atoms with Gasteiger partial charge in [0, 0.05) is 38.1 Å². The predicted molar refractivity (Wildman–Crippen MR) is 122 cm³/mol. The van der Waals surface area contributed by atoms with E-state index in [-0.39, 0.29) is 35.5 Å². The molecule has 4 amide bonds. The van der Waals surface area contributed by atoms with Crippen LogP contribution in [0.3, 0.4) is 0 Å². The van der Waals surface area contributed by atoms with Crippen molar-refractivity contribution in [2.45, 2.75) is 66.5 Å². The Morgan fingerprint density at radius 1 is 0.562 bits per heavy atom. The molecular formula is C22H42N4O6. The lowest BCUT2D eigenvalue weighted by Crippen LogP contribution is -2.46. The van der Waals surface area contributed by atoms with Crippen LogP contribution in [0.4, 0.5) is 0 Å². The highest BCUT2D eigenvalue weighted by Crippen LogP contribution is 1.94. The Balaban J connectivity index is 3.56. The van der Waals surface area contributed by atoms with Crippen LogP contribution >= 0.6 is 0 Å². The molecule has 2 unspecified atom stereocenters. The zero-order chi connectivity index (χ0) is 24.5. The van der Waals surface area contributed by atoms with Gasteiger partial charge < -0.3 is 30.7 Å². The van der Waals surface area contributed by atoms with Gasteiger partial charge in [-0.2, -0.15) is 0 Å². The third-order valence-corrected chi connectivity index (χ3v) is 4.45. The van der Waals surface area contributed by atoms with E-state index in [4.69, 9.17) is 9.47 Å². The Morgan fingerprint density at radius 2 is 0.906 bits per heavy atom. The SMILES string of the molecule is CC(C)C(=O)NC(C)C(=O)NCCCOCCOCCCNC(=O)C(C)NC(=O)C(C)C. The van der Waals surface area contributed by atoms with Crippen LogP contribution in [0, 0.1) is 11.8 Å². The minimum Gasteiger partial charge on any atom is -0.379 e. The Labute approximate surface area is 191 Å². The second-order valence-corrected chi connectivity index (χ2v) is 8.28. The third-order valence-electron chi connectivity index (χ3n) is 4.45. The summed E-state index contributed by atoms with van der Waals surface area (Å²) < 4.78 is 10.9. The number of nitrogens with one attached hydrogen (secondary N) is 4. The summed E-state index contributed by atoms with van der Waals surface area (Å²) in [6, 6.07) is -1.13. The summed E-state index contributed by atoms with van der Waals surface area (Å²) in [7, 11) is 0. The zero-order valence-electron chi connectivity index (χ0n) is 20.4. The molecule has 10 nitrogen and oxygen atoms in total. The summed E-state index contributed by atoms with van der Waals surface area (Å²) in [5.74, 6) is -1.05. The maximum absolute atomic E-state index is 11.9. The Kier molecular flexibility index (Phi) is 16.2. The number of rotatable bonds is 17. The molecule has 186 valence electrons. The fourth-order valence-corrected chi connectivity index (χ4v) is 2.29. The molecule has 2 atom stereocenters. The molecule has 0 spiro atoms. The fourth-order valence-electron chi connectivity index (χ4n) is 2.29. The van der Waals surface area contributed by atoms with E-state index in [1.54, 1.807) is 41.5 Å². The van der Waals surface area contributed by atoms with Gasteiger partial charge in [-0.25, -0.2) is 0 Å². The zero-order valence-corrected chi connectivity index (χ0v) is 20.4. The molecule has 0 rings (SSSR count). The van der Waals surface area contributed by atoms with Crippen molar-refractivity contribution in [1.29, 1.82) is 0 Å². The minimum absolute atomic E-state index is 0.150. The Bertz CT molecular complexity index is 533. The number of hydrogen-bond donors (Lipinski definition) is 4. The van der Waals surface area contributed by atoms with Crippen LogP contribution in [0.1, 0.15) is 54.4 Å². The van der Waals surface area contributed by atoms with E-state index in [2.05, 4.69) is 21.3 Å². The first-order valence-electron chi connectivity index (χ1n) is 11.4. The number of ether oxygens (including phenoxy) is 2. The van der Waals surface area contributed by atoms with E-state index in [1.807, 2.05) is 0 Å². The summed E-state index contributed by atoms with van der Waals surface area (Å²) >= 11 is 0. The first-order chi connectivity index (χ1) is 15.1. The highest BCUT2D eigenvalue weighted by molar-refractivity contribution is 5.88. The standard InChI is InChI=1S/C22H42N4O6/c1-15(2)19(27)25-17(5)21(29)23-9-7-11-31-13-14-32-12-8-10-24-22(30)18(6)26-20(28)16(3)4/h15-18H,7-14H2,1-6H3,(H,23,29)(H,24,30)(H,25,27)(H,26,28). The van der Waals surface area contributed by atoms with Crippen LogP contribution in [-0.4, -0.2) is 75.2 Å². The second-order valence-electron chi connectivity index (χ2n) is 8.28. The molecule has 0 fully saturated rings. The fraction of sp³-hybridized carbons (Fsp3) is 0.818. The van der Waals surface area contributed by atoms with E-state index in [9.17, 15) is 19.2 Å². The molecule has 0 aliphatic heterocycles. The van der Waals surface area contributed by atoms with Crippen LogP contribution in [0.25, 0.3) is 0 Å². The largest absolute Gasteiger partial charge is 0.379 e. The van der Waals surface area contributed by atoms with Crippen molar-refractivity contribution in [2.75, 3.05) is 39.5 Å². The van der Waals surface area contributed by atoms with Crippen molar-refractivity contribution in [3.05, 3.63) is 0 Å². The number of hydrogen-bond acceptors (Lipinski definition) is 6. The minimum atomic E-state index is -0.564. The molecule has 0 aromatic carbocycles. The van der Waals surface area contributed by atoms with Crippen molar-refractivity contribution in [2.24, 2.45) is 11.8 Å². The van der Waals surface area contributed by atoms with E-state index in [0.29, 0.717) is 52.4 Å². The molecule has 0 aliphatic rings. The molecule has 32 heavy (non-hydrogen) atoms. The summed E-state index contributed by atoms with van der Waals surface area (Å²) in [5, 5.41) is 10.8. The van der Waals surface area contributed by atoms with Crippen molar-refractivity contribution in [1.82, 2.24) is 21.3 Å². The summed E-state index contributed by atoms with van der Waals surface area (Å²) in [4.78, 5) is 46.9. The first kappa shape index (κ1) is 29.8. The maximum atomic E-state index is 11.9. The van der Waals surface area contributed by atoms with E-state index in [0.717, 1.165) is 0 Å². The lowest BCUT2D eigenvalue weighted by molar-refractivity contribution is -0.130. The molecule has 0 saturated carbocycles. The molecule has 4 N–H and O–H groups in total. The lowest BCUT2D eigenvalue weighted by Gasteiger charge is -2.15. The van der Waals surface area contributed by atoms with E-state index in [1.165, 1.54) is 0 Å². The van der Waals surface area contributed by atoms with Gasteiger partial charge in [-0.1, -0.05) is 27.7 Å². The van der Waals surface area contributed by atoms with Gasteiger partial charge >= 0.3 is 0 Å². The molecule has 0 aromatic heterocycles. The average Bonchev–Trinajstić information content (AvgIpc) is 2.73. The van der Waals surface area contributed by atoms with Crippen molar-refractivity contribution in [3.63, 3.8) is 0 Å². The smallest absolute Gasteiger partial charge is 0.242 e. The highest BCUT2D eigenvalue weighted by atomic mass is 16.5. The molecule has 0 bridgehead atoms. The summed E-state index contributed by atoms with van der Waals surface area (Å²) in [5.41, 5.74) is 0. The van der Waals surface area contributed by atoms with Gasteiger partial charge in [0.2, 0.25) is 23.6 Å². The molecular weight excluding hydrogens is 416 g/mol. The van der Waals surface area contributed by atoms with Crippen molar-refractivity contribution >= 4 is 23.6 Å². The Morgan fingerprint density at radius 3 is 1.22 bits per heavy atom. The van der Waals surface area contributed by atoms with Crippen LogP contribution < -0.4 is 21.3 Å². The van der Waals surface area contributed by atoms with Gasteiger partial charge in [-0.3, -0.25) is 19.2 Å². The summed E-state index contributed by atoms with van der Waals surface area (Å²) in [6.07, 6.45) is 1.32. The molecule has 0 saturated heterocycles. The van der Waals surface area contributed by atoms with Crippen LogP contribution in [-0.2, 0) is 28.7 Å². The third kappa shape index (κ3) is 14.7. The number of carbonyl (C=O) groups excluding carboxylic acids is 4. The maximum Gasteiger partial charge on any atom is 0.242 e. The normalized spacial score (nSPS) is 12.9. The monoisotopic (exact) mass is 458 g/mol. The van der Waals surface area contributed by atoms with Crippen LogP contribution in [0.15, 0.2) is 0 Å². The predicted octanol–water partition coefficient (Wildman–Crippen LogP) is 0.354. The average molecular weight is 459 g/mol. The molecule has 0 aromatic rings. The van der Waals surface area contributed by atoms with Crippen LogP contribution in [0.5, 0.6) is 0 Å². The van der Waals surface area contributed by atoms with Gasteiger partial charge in [0.15, 0.2) is 0 Å². The molecule has 0 heterocycles. The first-order valence-corrected chi connectivity index (χ1v) is 11.4. The van der Waals surface area contributed by atoms with Gasteiger partial charge in [0.05, 0.1) is 13.2 Å². The van der Waals surface area contributed by atoms with Gasteiger partial charge in [-0.15, -0.1) is 0 Å². The van der Waals surface area contributed by atoms with Crippen molar-refractivity contribution < 1.29 is 28.7 Å². The van der Waals surface area contributed by atoms with E-state index >= 15 is 0 Å². The topological polar surface area (TPSA) is 135 Å². The molecule has 0 aliphatic carbocycles. The Hall–Kier alpha value is -2.20. The number of amides is 4.